The maximum absolute atomic E-state index is 12.8. The van der Waals surface area contributed by atoms with Crippen LogP contribution in [0.5, 0.6) is 0 Å². The second-order valence-corrected chi connectivity index (χ2v) is 17.8. The highest BCUT2D eigenvalue weighted by molar-refractivity contribution is 5.71. The number of hydrogen-bond donors (Lipinski definition) is 0. The van der Waals surface area contributed by atoms with E-state index in [9.17, 15) is 14.4 Å². The summed E-state index contributed by atoms with van der Waals surface area (Å²) in [6, 6.07) is 0. The minimum absolute atomic E-state index is 0.0665. The van der Waals surface area contributed by atoms with Crippen molar-refractivity contribution in [3.05, 3.63) is 12.2 Å². The van der Waals surface area contributed by atoms with Crippen LogP contribution in [0, 0.1) is 0 Å². The fraction of sp³-hybridized carbons (Fsp3) is 0.906. The van der Waals surface area contributed by atoms with Gasteiger partial charge in [-0.05, 0) is 44.9 Å². The molecular formula is C53H100O6. The van der Waals surface area contributed by atoms with Crippen LogP contribution < -0.4 is 0 Å². The van der Waals surface area contributed by atoms with Crippen molar-refractivity contribution >= 4 is 17.9 Å². The molecule has 348 valence electrons. The van der Waals surface area contributed by atoms with Gasteiger partial charge >= 0.3 is 17.9 Å². The molecule has 0 spiro atoms. The number of carbonyl (C=O) groups is 3. The molecule has 0 N–H and O–H groups in total. The Hall–Kier alpha value is -1.85. The highest BCUT2D eigenvalue weighted by Gasteiger charge is 2.19. The topological polar surface area (TPSA) is 78.9 Å². The molecule has 0 aliphatic heterocycles. The van der Waals surface area contributed by atoms with Gasteiger partial charge in [0.2, 0.25) is 0 Å². The summed E-state index contributed by atoms with van der Waals surface area (Å²) >= 11 is 0. The third kappa shape index (κ3) is 47.1. The second-order valence-electron chi connectivity index (χ2n) is 17.8. The predicted octanol–water partition coefficient (Wildman–Crippen LogP) is 17.0. The summed E-state index contributed by atoms with van der Waals surface area (Å²) < 4.78 is 16.8. The lowest BCUT2D eigenvalue weighted by atomic mass is 10.0. The largest absolute Gasteiger partial charge is 0.462 e. The Kier molecular flexibility index (Phi) is 47.3. The van der Waals surface area contributed by atoms with Gasteiger partial charge in [0.25, 0.3) is 0 Å². The number of rotatable bonds is 48. The Morgan fingerprint density at radius 1 is 0.322 bits per heavy atom. The first-order chi connectivity index (χ1) is 29.0. The Balaban J connectivity index is 4.24. The van der Waals surface area contributed by atoms with E-state index in [1.165, 1.54) is 193 Å². The average molecular weight is 833 g/mol. The van der Waals surface area contributed by atoms with Gasteiger partial charge in [-0.1, -0.05) is 238 Å². The van der Waals surface area contributed by atoms with Crippen LogP contribution in [0.4, 0.5) is 0 Å². The van der Waals surface area contributed by atoms with E-state index in [2.05, 4.69) is 32.9 Å². The zero-order valence-corrected chi connectivity index (χ0v) is 39.8. The van der Waals surface area contributed by atoms with Crippen LogP contribution in [0.3, 0.4) is 0 Å². The van der Waals surface area contributed by atoms with Crippen LogP contribution in [0.25, 0.3) is 0 Å². The average Bonchev–Trinajstić information content (AvgIpc) is 3.23. The van der Waals surface area contributed by atoms with Gasteiger partial charge in [-0.2, -0.15) is 0 Å². The van der Waals surface area contributed by atoms with Gasteiger partial charge < -0.3 is 14.2 Å². The van der Waals surface area contributed by atoms with Crippen LogP contribution in [-0.2, 0) is 28.6 Å². The highest BCUT2D eigenvalue weighted by Crippen LogP contribution is 2.16. The highest BCUT2D eigenvalue weighted by atomic mass is 16.6. The predicted molar refractivity (Wildman–Crippen MR) is 252 cm³/mol. The molecule has 59 heavy (non-hydrogen) atoms. The fourth-order valence-corrected chi connectivity index (χ4v) is 7.79. The molecule has 1 atom stereocenters. The van der Waals surface area contributed by atoms with E-state index in [1.54, 1.807) is 0 Å². The van der Waals surface area contributed by atoms with Crippen molar-refractivity contribution in [1.82, 2.24) is 0 Å². The Bertz CT molecular complexity index is 916. The molecule has 0 radical (unpaired) electrons. The van der Waals surface area contributed by atoms with Crippen LogP contribution in [0.15, 0.2) is 12.2 Å². The summed E-state index contributed by atoms with van der Waals surface area (Å²) in [5, 5.41) is 0. The zero-order chi connectivity index (χ0) is 43.0. The Morgan fingerprint density at radius 3 is 0.847 bits per heavy atom. The van der Waals surface area contributed by atoms with Crippen molar-refractivity contribution in [1.29, 1.82) is 0 Å². The van der Waals surface area contributed by atoms with Crippen LogP contribution in [0.2, 0.25) is 0 Å². The maximum atomic E-state index is 12.8. The van der Waals surface area contributed by atoms with E-state index >= 15 is 0 Å². The lowest BCUT2D eigenvalue weighted by Gasteiger charge is -2.18. The SMILES string of the molecule is CCCCCCCCCC/C=C\CCCCCCCCCC(=O)OCC(COC(=O)CCCCCCCCCCC)OC(=O)CCCCCCCCCCCCCCC. The van der Waals surface area contributed by atoms with E-state index in [4.69, 9.17) is 14.2 Å². The Morgan fingerprint density at radius 2 is 0.559 bits per heavy atom. The molecule has 0 aliphatic rings. The lowest BCUT2D eigenvalue weighted by molar-refractivity contribution is -0.167. The molecule has 0 heterocycles. The standard InChI is InChI=1S/C53H100O6/c1-4-7-10-13-16-19-21-23-24-25-26-27-28-30-31-34-37-40-43-46-52(55)58-49-50(48-57-51(54)45-42-39-36-33-18-15-12-9-6-3)59-53(56)47-44-41-38-35-32-29-22-20-17-14-11-8-5-2/h25-26,50H,4-24,27-49H2,1-3H3/b26-25-. The van der Waals surface area contributed by atoms with Crippen molar-refractivity contribution in [2.24, 2.45) is 0 Å². The molecule has 0 saturated carbocycles. The normalized spacial score (nSPS) is 12.0. The van der Waals surface area contributed by atoms with Crippen LogP contribution in [-0.4, -0.2) is 37.2 Å². The van der Waals surface area contributed by atoms with Gasteiger partial charge in [-0.15, -0.1) is 0 Å². The summed E-state index contributed by atoms with van der Waals surface area (Å²) in [5.41, 5.74) is 0. The van der Waals surface area contributed by atoms with Crippen molar-refractivity contribution in [2.45, 2.75) is 297 Å². The summed E-state index contributed by atoms with van der Waals surface area (Å²) in [7, 11) is 0. The van der Waals surface area contributed by atoms with Crippen molar-refractivity contribution in [2.75, 3.05) is 13.2 Å². The van der Waals surface area contributed by atoms with Gasteiger partial charge in [0.15, 0.2) is 6.10 Å². The van der Waals surface area contributed by atoms with Gasteiger partial charge in [0.1, 0.15) is 13.2 Å². The molecular weight excluding hydrogens is 733 g/mol. The first-order valence-electron chi connectivity index (χ1n) is 26.2. The van der Waals surface area contributed by atoms with Gasteiger partial charge in [-0.25, -0.2) is 0 Å². The molecule has 0 fully saturated rings. The number of ether oxygens (including phenoxy) is 3. The summed E-state index contributed by atoms with van der Waals surface area (Å²) in [5.74, 6) is -0.858. The number of esters is 3. The molecule has 0 bridgehead atoms. The molecule has 1 unspecified atom stereocenters. The minimum atomic E-state index is -0.763. The van der Waals surface area contributed by atoms with Gasteiger partial charge in [-0.3, -0.25) is 14.4 Å². The van der Waals surface area contributed by atoms with E-state index < -0.39 is 6.10 Å². The summed E-state index contributed by atoms with van der Waals surface area (Å²) in [6.07, 6.45) is 53.4. The number of hydrogen-bond acceptors (Lipinski definition) is 6. The van der Waals surface area contributed by atoms with E-state index in [0.29, 0.717) is 19.3 Å². The Labute approximate surface area is 367 Å². The number of carbonyl (C=O) groups excluding carboxylic acids is 3. The third-order valence-electron chi connectivity index (χ3n) is 11.8. The van der Waals surface area contributed by atoms with E-state index in [0.717, 1.165) is 57.8 Å². The maximum Gasteiger partial charge on any atom is 0.306 e. The van der Waals surface area contributed by atoms with Crippen molar-refractivity contribution in [3.63, 3.8) is 0 Å². The minimum Gasteiger partial charge on any atom is -0.462 e. The van der Waals surface area contributed by atoms with E-state index in [1.807, 2.05) is 0 Å². The molecule has 6 heteroatoms. The van der Waals surface area contributed by atoms with Gasteiger partial charge in [0.05, 0.1) is 0 Å². The molecule has 0 saturated heterocycles. The van der Waals surface area contributed by atoms with Crippen molar-refractivity contribution < 1.29 is 28.6 Å². The smallest absolute Gasteiger partial charge is 0.306 e. The third-order valence-corrected chi connectivity index (χ3v) is 11.8. The summed E-state index contributed by atoms with van der Waals surface area (Å²) in [6.45, 7) is 6.65. The molecule has 6 nitrogen and oxygen atoms in total. The fourth-order valence-electron chi connectivity index (χ4n) is 7.79. The zero-order valence-electron chi connectivity index (χ0n) is 39.8. The number of allylic oxidation sites excluding steroid dienone is 2. The lowest BCUT2D eigenvalue weighted by Crippen LogP contribution is -2.30. The first-order valence-corrected chi connectivity index (χ1v) is 26.2. The quantitative estimate of drug-likeness (QED) is 0.0263. The van der Waals surface area contributed by atoms with Crippen molar-refractivity contribution in [3.8, 4) is 0 Å². The molecule has 0 rings (SSSR count). The summed E-state index contributed by atoms with van der Waals surface area (Å²) in [4.78, 5) is 37.9. The van der Waals surface area contributed by atoms with E-state index in [-0.39, 0.29) is 31.1 Å². The molecule has 0 aromatic carbocycles. The molecule has 0 aromatic heterocycles. The molecule has 0 amide bonds. The van der Waals surface area contributed by atoms with Crippen LogP contribution >= 0.6 is 0 Å². The molecule has 0 aliphatic carbocycles. The number of unbranched alkanes of at least 4 members (excludes halogenated alkanes) is 35. The van der Waals surface area contributed by atoms with Gasteiger partial charge in [0, 0.05) is 19.3 Å². The van der Waals surface area contributed by atoms with Crippen LogP contribution in [0.1, 0.15) is 290 Å². The monoisotopic (exact) mass is 833 g/mol. The second kappa shape index (κ2) is 48.8. The molecule has 0 aromatic rings. The first kappa shape index (κ1) is 57.1.